The summed E-state index contributed by atoms with van der Waals surface area (Å²) in [5.41, 5.74) is 1.53. The number of ether oxygens (including phenoxy) is 1. The maximum atomic E-state index is 8.79. The topological polar surface area (TPSA) is 33.0 Å². The first-order valence-corrected chi connectivity index (χ1v) is 6.01. The van der Waals surface area contributed by atoms with E-state index in [1.54, 1.807) is 30.3 Å². The molecule has 0 aliphatic carbocycles. The van der Waals surface area contributed by atoms with Gasteiger partial charge in [-0.05, 0) is 35.9 Å². The number of rotatable bonds is 3. The molecule has 0 fully saturated rings. The standard InChI is InChI=1S/C14H9Cl2NO/c15-12-5-13(16)7-14(6-12)18-9-11-3-1-2-10(4-11)8-17/h1-7H,9H2. The zero-order valence-corrected chi connectivity index (χ0v) is 10.9. The molecule has 0 amide bonds. The Morgan fingerprint density at radius 3 is 2.44 bits per heavy atom. The number of nitriles is 1. The minimum absolute atomic E-state index is 0.367. The van der Waals surface area contributed by atoms with Crippen LogP contribution in [0.15, 0.2) is 42.5 Å². The smallest absolute Gasteiger partial charge is 0.122 e. The van der Waals surface area contributed by atoms with Crippen molar-refractivity contribution >= 4 is 23.2 Å². The van der Waals surface area contributed by atoms with Crippen LogP contribution < -0.4 is 4.74 Å². The largest absolute Gasteiger partial charge is 0.489 e. The quantitative estimate of drug-likeness (QED) is 0.831. The molecule has 90 valence electrons. The Balaban J connectivity index is 2.09. The third-order valence-electron chi connectivity index (χ3n) is 2.30. The molecule has 0 saturated carbocycles. The highest BCUT2D eigenvalue weighted by Gasteiger charge is 2.01. The second kappa shape index (κ2) is 5.77. The van der Waals surface area contributed by atoms with E-state index in [-0.39, 0.29) is 0 Å². The molecule has 0 saturated heterocycles. The molecule has 0 heterocycles. The number of hydrogen-bond acceptors (Lipinski definition) is 2. The summed E-state index contributed by atoms with van der Waals surface area (Å²) >= 11 is 11.7. The molecule has 0 spiro atoms. The normalized spacial score (nSPS) is 9.83. The molecule has 2 rings (SSSR count). The Kier molecular flexibility index (Phi) is 4.09. The van der Waals surface area contributed by atoms with E-state index < -0.39 is 0 Å². The van der Waals surface area contributed by atoms with Gasteiger partial charge in [-0.15, -0.1) is 0 Å². The van der Waals surface area contributed by atoms with Crippen molar-refractivity contribution in [3.8, 4) is 11.8 Å². The fourth-order valence-corrected chi connectivity index (χ4v) is 2.02. The summed E-state index contributed by atoms with van der Waals surface area (Å²) in [5.74, 6) is 0.606. The average Bonchev–Trinajstić information content (AvgIpc) is 2.35. The van der Waals surface area contributed by atoms with E-state index in [2.05, 4.69) is 6.07 Å². The van der Waals surface area contributed by atoms with Crippen molar-refractivity contribution < 1.29 is 4.74 Å². The Morgan fingerprint density at radius 2 is 1.78 bits per heavy atom. The fourth-order valence-electron chi connectivity index (χ4n) is 1.51. The van der Waals surface area contributed by atoms with Gasteiger partial charge in [0.05, 0.1) is 11.6 Å². The molecule has 2 aromatic carbocycles. The number of halogens is 2. The molecule has 0 unspecified atom stereocenters. The van der Waals surface area contributed by atoms with E-state index in [0.717, 1.165) is 5.56 Å². The van der Waals surface area contributed by atoms with Gasteiger partial charge in [0, 0.05) is 10.0 Å². The van der Waals surface area contributed by atoms with Crippen molar-refractivity contribution in [1.82, 2.24) is 0 Å². The van der Waals surface area contributed by atoms with Crippen LogP contribution in [0, 0.1) is 11.3 Å². The molecule has 2 aromatic rings. The predicted molar refractivity (Wildman–Crippen MR) is 72.0 cm³/mol. The summed E-state index contributed by atoms with van der Waals surface area (Å²) < 4.78 is 5.57. The Labute approximate surface area is 115 Å². The van der Waals surface area contributed by atoms with Gasteiger partial charge >= 0.3 is 0 Å². The molecule has 0 aromatic heterocycles. The third-order valence-corrected chi connectivity index (χ3v) is 2.73. The molecule has 0 N–H and O–H groups in total. The molecule has 18 heavy (non-hydrogen) atoms. The minimum atomic E-state index is 0.367. The second-order valence-corrected chi connectivity index (χ2v) is 4.58. The van der Waals surface area contributed by atoms with Gasteiger partial charge < -0.3 is 4.74 Å². The number of benzene rings is 2. The summed E-state index contributed by atoms with van der Waals surface area (Å²) in [6, 6.07) is 14.4. The lowest BCUT2D eigenvalue weighted by Gasteiger charge is -2.07. The van der Waals surface area contributed by atoms with E-state index in [1.165, 1.54) is 0 Å². The van der Waals surface area contributed by atoms with Gasteiger partial charge in [-0.2, -0.15) is 5.26 Å². The first-order chi connectivity index (χ1) is 8.67. The van der Waals surface area contributed by atoms with Crippen LogP contribution in [0.2, 0.25) is 10.0 Å². The van der Waals surface area contributed by atoms with Crippen molar-refractivity contribution in [2.75, 3.05) is 0 Å². The fraction of sp³-hybridized carbons (Fsp3) is 0.0714. The van der Waals surface area contributed by atoms with Gasteiger partial charge in [0.1, 0.15) is 12.4 Å². The van der Waals surface area contributed by atoms with Gasteiger partial charge in [-0.3, -0.25) is 0 Å². The van der Waals surface area contributed by atoms with Crippen LogP contribution in [0.3, 0.4) is 0 Å². The maximum absolute atomic E-state index is 8.79. The van der Waals surface area contributed by atoms with Crippen LogP contribution in [0.4, 0.5) is 0 Å². The third kappa shape index (κ3) is 3.40. The summed E-state index contributed by atoms with van der Waals surface area (Å²) in [7, 11) is 0. The highest BCUT2D eigenvalue weighted by molar-refractivity contribution is 6.34. The van der Waals surface area contributed by atoms with Gasteiger partial charge in [-0.25, -0.2) is 0 Å². The van der Waals surface area contributed by atoms with Gasteiger partial charge in [0.2, 0.25) is 0 Å². The van der Waals surface area contributed by atoms with Gasteiger partial charge in [0.15, 0.2) is 0 Å². The summed E-state index contributed by atoms with van der Waals surface area (Å²) in [5, 5.41) is 9.86. The predicted octanol–water partition coefficient (Wildman–Crippen LogP) is 4.44. The molecule has 0 radical (unpaired) electrons. The summed E-state index contributed by atoms with van der Waals surface area (Å²) in [6.07, 6.45) is 0. The lowest BCUT2D eigenvalue weighted by molar-refractivity contribution is 0.306. The van der Waals surface area contributed by atoms with Crippen LogP contribution in [0.5, 0.6) is 5.75 Å². The molecule has 0 bridgehead atoms. The van der Waals surface area contributed by atoms with Crippen molar-refractivity contribution in [3.05, 3.63) is 63.6 Å². The number of nitrogens with zero attached hydrogens (tertiary/aromatic N) is 1. The molecular weight excluding hydrogens is 269 g/mol. The zero-order valence-electron chi connectivity index (χ0n) is 9.36. The van der Waals surface area contributed by atoms with E-state index in [1.807, 2.05) is 12.1 Å². The van der Waals surface area contributed by atoms with E-state index >= 15 is 0 Å². The molecule has 4 heteroatoms. The highest BCUT2D eigenvalue weighted by Crippen LogP contribution is 2.24. The van der Waals surface area contributed by atoms with Crippen molar-refractivity contribution in [2.45, 2.75) is 6.61 Å². The minimum Gasteiger partial charge on any atom is -0.489 e. The summed E-state index contributed by atoms with van der Waals surface area (Å²) in [6.45, 7) is 0.367. The Bertz CT molecular complexity index is 585. The summed E-state index contributed by atoms with van der Waals surface area (Å²) in [4.78, 5) is 0. The average molecular weight is 278 g/mol. The van der Waals surface area contributed by atoms with Crippen molar-refractivity contribution in [1.29, 1.82) is 5.26 Å². The van der Waals surface area contributed by atoms with Gasteiger partial charge in [0.25, 0.3) is 0 Å². The SMILES string of the molecule is N#Cc1cccc(COc2cc(Cl)cc(Cl)c2)c1. The maximum Gasteiger partial charge on any atom is 0.122 e. The van der Waals surface area contributed by atoms with Crippen LogP contribution >= 0.6 is 23.2 Å². The van der Waals surface area contributed by atoms with Crippen LogP contribution in [-0.2, 0) is 6.61 Å². The second-order valence-electron chi connectivity index (χ2n) is 3.71. The Hall–Kier alpha value is -1.69. The molecular formula is C14H9Cl2NO. The van der Waals surface area contributed by atoms with Crippen molar-refractivity contribution in [2.24, 2.45) is 0 Å². The Morgan fingerprint density at radius 1 is 1.06 bits per heavy atom. The van der Waals surface area contributed by atoms with Gasteiger partial charge in [-0.1, -0.05) is 35.3 Å². The lowest BCUT2D eigenvalue weighted by Crippen LogP contribution is -1.95. The highest BCUT2D eigenvalue weighted by atomic mass is 35.5. The van der Waals surface area contributed by atoms with Crippen molar-refractivity contribution in [3.63, 3.8) is 0 Å². The monoisotopic (exact) mass is 277 g/mol. The van der Waals surface area contributed by atoms with Crippen LogP contribution in [-0.4, -0.2) is 0 Å². The lowest BCUT2D eigenvalue weighted by atomic mass is 10.1. The van der Waals surface area contributed by atoms with E-state index in [0.29, 0.717) is 28.0 Å². The first kappa shape index (κ1) is 12.8. The zero-order chi connectivity index (χ0) is 13.0. The molecule has 2 nitrogen and oxygen atoms in total. The molecule has 0 aliphatic rings. The van der Waals surface area contributed by atoms with E-state index in [4.69, 9.17) is 33.2 Å². The molecule has 0 atom stereocenters. The van der Waals surface area contributed by atoms with Crippen LogP contribution in [0.1, 0.15) is 11.1 Å². The van der Waals surface area contributed by atoms with E-state index in [9.17, 15) is 0 Å². The van der Waals surface area contributed by atoms with Crippen LogP contribution in [0.25, 0.3) is 0 Å². The first-order valence-electron chi connectivity index (χ1n) is 5.25. The molecule has 0 aliphatic heterocycles. The number of hydrogen-bond donors (Lipinski definition) is 0.